The Morgan fingerprint density at radius 2 is 1.35 bits per heavy atom. The Morgan fingerprint density at radius 3 is 1.87 bits per heavy atom. The summed E-state index contributed by atoms with van der Waals surface area (Å²) in [7, 11) is 2.85. The molecule has 0 saturated carbocycles. The summed E-state index contributed by atoms with van der Waals surface area (Å²) in [6.45, 7) is 1.53. The Balaban J connectivity index is 2.46. The fourth-order valence-electron chi connectivity index (χ4n) is 2.45. The minimum Gasteiger partial charge on any atom is -0.299 e. The molecule has 118 valence electrons. The number of hydrogen-bond acceptors (Lipinski definition) is 6. The number of hydrogen-bond donors (Lipinski definition) is 0. The summed E-state index contributed by atoms with van der Waals surface area (Å²) in [5.74, 6) is -1.27. The summed E-state index contributed by atoms with van der Waals surface area (Å²) in [4.78, 5) is 57.9. The minimum atomic E-state index is -0.785. The summed E-state index contributed by atoms with van der Waals surface area (Å²) in [5, 5.41) is 0. The fourth-order valence-corrected chi connectivity index (χ4v) is 2.69. The molecule has 0 spiro atoms. The van der Waals surface area contributed by atoms with E-state index in [1.54, 1.807) is 0 Å². The third-order valence-corrected chi connectivity index (χ3v) is 4.14. The van der Waals surface area contributed by atoms with Crippen molar-refractivity contribution < 1.29 is 9.59 Å². The number of fused-ring (bicyclic) bond motifs is 2. The van der Waals surface area contributed by atoms with Gasteiger partial charge in [-0.3, -0.25) is 28.3 Å². The van der Waals surface area contributed by atoms with Gasteiger partial charge in [-0.15, -0.1) is 11.6 Å². The highest BCUT2D eigenvalue weighted by molar-refractivity contribution is 6.26. The molecule has 0 atom stereocenters. The molecule has 0 radical (unpaired) electrons. The topological polar surface area (TPSA) is 104 Å². The van der Waals surface area contributed by atoms with Crippen molar-refractivity contribution in [1.82, 2.24) is 19.1 Å². The molecular weight excluding hydrogens is 324 g/mol. The number of rotatable bonds is 1. The summed E-state index contributed by atoms with van der Waals surface area (Å²) in [6, 6.07) is 0. The van der Waals surface area contributed by atoms with E-state index in [-0.39, 0.29) is 40.0 Å². The molecule has 0 amide bonds. The van der Waals surface area contributed by atoms with Gasteiger partial charge in [0, 0.05) is 14.1 Å². The molecule has 0 aromatic carbocycles. The Labute approximate surface area is 134 Å². The number of nitrogens with zero attached hydrogens (tertiary/aromatic N) is 4. The zero-order chi connectivity index (χ0) is 17.0. The first-order valence-corrected chi connectivity index (χ1v) is 7.16. The molecule has 2 aromatic heterocycles. The van der Waals surface area contributed by atoms with E-state index in [0.29, 0.717) is 0 Å². The van der Waals surface area contributed by atoms with Gasteiger partial charge in [0.05, 0.1) is 5.88 Å². The highest BCUT2D eigenvalue weighted by Gasteiger charge is 2.38. The lowest BCUT2D eigenvalue weighted by Crippen LogP contribution is -2.40. The van der Waals surface area contributed by atoms with Crippen LogP contribution in [0.2, 0.25) is 0 Å². The lowest BCUT2D eigenvalue weighted by Gasteiger charge is -2.18. The van der Waals surface area contributed by atoms with Gasteiger partial charge in [-0.1, -0.05) is 0 Å². The van der Waals surface area contributed by atoms with Crippen molar-refractivity contribution in [2.24, 2.45) is 14.1 Å². The Kier molecular flexibility index (Phi) is 3.29. The molecule has 1 aliphatic rings. The van der Waals surface area contributed by atoms with Gasteiger partial charge >= 0.3 is 0 Å². The van der Waals surface area contributed by atoms with Crippen LogP contribution >= 0.6 is 11.6 Å². The van der Waals surface area contributed by atoms with Crippen LogP contribution in [0.3, 0.4) is 0 Å². The summed E-state index contributed by atoms with van der Waals surface area (Å²) in [5.41, 5.74) is -2.72. The second kappa shape index (κ2) is 4.95. The Morgan fingerprint density at radius 1 is 0.870 bits per heavy atom. The normalized spacial score (nSPS) is 13.0. The van der Waals surface area contributed by atoms with Crippen LogP contribution < -0.4 is 11.1 Å². The predicted octanol–water partition coefficient (Wildman–Crippen LogP) is -0.303. The van der Waals surface area contributed by atoms with E-state index in [2.05, 4.69) is 9.97 Å². The molecule has 8 nitrogen and oxygen atoms in total. The van der Waals surface area contributed by atoms with Crippen LogP contribution in [0.25, 0.3) is 0 Å². The van der Waals surface area contributed by atoms with Gasteiger partial charge in [-0.05, 0) is 6.92 Å². The smallest absolute Gasteiger partial charge is 0.265 e. The van der Waals surface area contributed by atoms with Crippen molar-refractivity contribution in [3.8, 4) is 0 Å². The van der Waals surface area contributed by atoms with Crippen molar-refractivity contribution >= 4 is 23.2 Å². The van der Waals surface area contributed by atoms with Crippen LogP contribution in [0, 0.1) is 6.92 Å². The van der Waals surface area contributed by atoms with Crippen LogP contribution in [-0.4, -0.2) is 30.7 Å². The van der Waals surface area contributed by atoms with Gasteiger partial charge < -0.3 is 0 Å². The van der Waals surface area contributed by atoms with E-state index in [9.17, 15) is 19.2 Å². The SMILES string of the molecule is Cc1nc2c(c(=O)n1C)C(=O)c1nc(CCl)n(C)c(=O)c1C2=O. The predicted molar refractivity (Wildman–Crippen MR) is 80.1 cm³/mol. The molecule has 3 rings (SSSR count). The van der Waals surface area contributed by atoms with Crippen molar-refractivity contribution in [3.05, 3.63) is 54.9 Å². The van der Waals surface area contributed by atoms with Gasteiger partial charge in [-0.2, -0.15) is 0 Å². The molecule has 1 aliphatic carbocycles. The summed E-state index contributed by atoms with van der Waals surface area (Å²) in [6.07, 6.45) is 0. The van der Waals surface area contributed by atoms with Gasteiger partial charge in [0.2, 0.25) is 11.6 Å². The highest BCUT2D eigenvalue weighted by atomic mass is 35.5. The van der Waals surface area contributed by atoms with Crippen molar-refractivity contribution in [2.75, 3.05) is 0 Å². The molecule has 0 unspecified atom stereocenters. The summed E-state index contributed by atoms with van der Waals surface area (Å²) < 4.78 is 2.27. The van der Waals surface area contributed by atoms with Crippen molar-refractivity contribution in [1.29, 1.82) is 0 Å². The monoisotopic (exact) mass is 334 g/mol. The van der Waals surface area contributed by atoms with Crippen LogP contribution in [0.15, 0.2) is 9.59 Å². The summed E-state index contributed by atoms with van der Waals surface area (Å²) >= 11 is 5.71. The average Bonchev–Trinajstić information content (AvgIpc) is 2.52. The maximum Gasteiger partial charge on any atom is 0.265 e. The van der Waals surface area contributed by atoms with E-state index in [1.165, 1.54) is 25.6 Å². The molecule has 2 heterocycles. The number of aromatic nitrogens is 4. The van der Waals surface area contributed by atoms with Crippen LogP contribution in [0.1, 0.15) is 43.8 Å². The number of carbonyl (C=O) groups excluding carboxylic acids is 2. The Hall–Kier alpha value is -2.61. The molecule has 9 heteroatoms. The second-order valence-corrected chi connectivity index (χ2v) is 5.42. The van der Waals surface area contributed by atoms with Crippen LogP contribution in [0.5, 0.6) is 0 Å². The van der Waals surface area contributed by atoms with E-state index in [0.717, 1.165) is 4.57 Å². The Bertz CT molecular complexity index is 1020. The second-order valence-electron chi connectivity index (χ2n) is 5.15. The largest absolute Gasteiger partial charge is 0.299 e. The first-order chi connectivity index (χ1) is 10.8. The van der Waals surface area contributed by atoms with Crippen LogP contribution in [0.4, 0.5) is 0 Å². The van der Waals surface area contributed by atoms with E-state index >= 15 is 0 Å². The van der Waals surface area contributed by atoms with Gasteiger partial charge in [0.1, 0.15) is 34.2 Å². The van der Waals surface area contributed by atoms with Gasteiger partial charge in [-0.25, -0.2) is 9.97 Å². The zero-order valence-corrected chi connectivity index (χ0v) is 13.3. The van der Waals surface area contributed by atoms with Gasteiger partial charge in [0.25, 0.3) is 11.1 Å². The molecule has 2 aromatic rings. The first-order valence-electron chi connectivity index (χ1n) is 6.62. The average molecular weight is 335 g/mol. The van der Waals surface area contributed by atoms with Crippen molar-refractivity contribution in [2.45, 2.75) is 12.8 Å². The van der Waals surface area contributed by atoms with E-state index in [1.807, 2.05) is 0 Å². The highest BCUT2D eigenvalue weighted by Crippen LogP contribution is 2.21. The third kappa shape index (κ3) is 1.91. The fraction of sp³-hybridized carbons (Fsp3) is 0.286. The number of carbonyl (C=O) groups is 2. The van der Waals surface area contributed by atoms with Crippen LogP contribution in [-0.2, 0) is 20.0 Å². The molecule has 0 fully saturated rings. The zero-order valence-electron chi connectivity index (χ0n) is 12.5. The number of aryl methyl sites for hydroxylation is 1. The number of halogens is 1. The lowest BCUT2D eigenvalue weighted by molar-refractivity contribution is 0.0966. The van der Waals surface area contributed by atoms with Crippen molar-refractivity contribution in [3.63, 3.8) is 0 Å². The number of alkyl halides is 1. The van der Waals surface area contributed by atoms with E-state index in [4.69, 9.17) is 11.6 Å². The van der Waals surface area contributed by atoms with E-state index < -0.39 is 22.7 Å². The third-order valence-electron chi connectivity index (χ3n) is 3.90. The molecule has 0 bridgehead atoms. The molecule has 0 aliphatic heterocycles. The molecule has 0 N–H and O–H groups in total. The first kappa shape index (κ1) is 15.3. The maximum absolute atomic E-state index is 12.6. The maximum atomic E-state index is 12.6. The molecule has 23 heavy (non-hydrogen) atoms. The van der Waals surface area contributed by atoms with Gasteiger partial charge in [0.15, 0.2) is 0 Å². The number of ketones is 2. The lowest BCUT2D eigenvalue weighted by atomic mass is 9.91. The molecule has 0 saturated heterocycles. The molecular formula is C14H11ClN4O4. The quantitative estimate of drug-likeness (QED) is 0.566. The minimum absolute atomic E-state index is 0.114. The standard InChI is InChI=1S/C14H11ClN4O4/c1-5-16-9-7(13(22)18(5)2)12(21)10-8(11(9)20)14(23)19(3)6(4-15)17-10/h4H2,1-3H3.